The van der Waals surface area contributed by atoms with E-state index in [1.54, 1.807) is 6.07 Å². The lowest BCUT2D eigenvalue weighted by Crippen LogP contribution is -2.20. The summed E-state index contributed by atoms with van der Waals surface area (Å²) >= 11 is 0. The standard InChI is InChI=1S/C22H15F4N3O4S/c1-33-15-4-2-5-16(11-15)34(31,32)29-19-10-14(9-8-13(19)12-27-29)28-21(30)20-17(22(24,25)26)6-3-7-18(20)23/h2-12H,1H3,(H,28,30). The van der Waals surface area contributed by atoms with E-state index in [9.17, 15) is 30.8 Å². The number of amides is 1. The largest absolute Gasteiger partial charge is 0.497 e. The van der Waals surface area contributed by atoms with Gasteiger partial charge in [0, 0.05) is 17.1 Å². The third-order valence-corrected chi connectivity index (χ3v) is 6.50. The molecule has 0 fully saturated rings. The lowest BCUT2D eigenvalue weighted by molar-refractivity contribution is -0.138. The number of carbonyl (C=O) groups is 1. The van der Waals surface area contributed by atoms with Crippen molar-refractivity contribution in [2.24, 2.45) is 0 Å². The number of nitrogens with zero attached hydrogens (tertiary/aromatic N) is 2. The fraction of sp³-hybridized carbons (Fsp3) is 0.0909. The van der Waals surface area contributed by atoms with Gasteiger partial charge in [0.2, 0.25) is 0 Å². The van der Waals surface area contributed by atoms with E-state index in [0.29, 0.717) is 17.2 Å². The molecule has 3 aromatic carbocycles. The minimum atomic E-state index is -4.96. The SMILES string of the molecule is COc1cccc(S(=O)(=O)n2ncc3ccc(NC(=O)c4c(F)cccc4C(F)(F)F)cc32)c1. The maximum Gasteiger partial charge on any atom is 0.417 e. The molecule has 0 radical (unpaired) electrons. The number of halogens is 4. The van der Waals surface area contributed by atoms with Gasteiger partial charge in [0.05, 0.1) is 34.8 Å². The molecule has 0 aliphatic rings. The van der Waals surface area contributed by atoms with Crippen LogP contribution in [0.2, 0.25) is 0 Å². The fourth-order valence-corrected chi connectivity index (χ4v) is 4.61. The Balaban J connectivity index is 1.74. The average molecular weight is 493 g/mol. The second kappa shape index (κ2) is 8.45. The number of hydrogen-bond donors (Lipinski definition) is 1. The first-order chi connectivity index (χ1) is 16.0. The summed E-state index contributed by atoms with van der Waals surface area (Å²) < 4.78 is 85.9. The Bertz CT molecular complexity index is 1510. The highest BCUT2D eigenvalue weighted by Crippen LogP contribution is 2.33. The third-order valence-electron chi connectivity index (χ3n) is 4.91. The lowest BCUT2D eigenvalue weighted by atomic mass is 10.1. The fourth-order valence-electron chi connectivity index (χ4n) is 3.31. The molecule has 1 aromatic heterocycles. The van der Waals surface area contributed by atoms with Gasteiger partial charge in [0.15, 0.2) is 0 Å². The number of alkyl halides is 3. The number of rotatable bonds is 5. The summed E-state index contributed by atoms with van der Waals surface area (Å²) in [6.45, 7) is 0. The van der Waals surface area contributed by atoms with Crippen molar-refractivity contribution in [3.05, 3.63) is 83.8 Å². The number of ether oxygens (including phenoxy) is 1. The van der Waals surface area contributed by atoms with E-state index in [4.69, 9.17) is 4.74 Å². The minimum absolute atomic E-state index is 0.0465. The van der Waals surface area contributed by atoms with E-state index in [1.165, 1.54) is 49.7 Å². The van der Waals surface area contributed by atoms with Crippen molar-refractivity contribution in [3.63, 3.8) is 0 Å². The Labute approximate surface area is 190 Å². The Hall–Kier alpha value is -3.93. The van der Waals surface area contributed by atoms with Crippen LogP contribution in [-0.2, 0) is 16.2 Å². The number of aromatic nitrogens is 2. The summed E-state index contributed by atoms with van der Waals surface area (Å²) in [6.07, 6.45) is -3.68. The highest BCUT2D eigenvalue weighted by atomic mass is 32.2. The van der Waals surface area contributed by atoms with E-state index < -0.39 is 39.1 Å². The maximum atomic E-state index is 14.1. The average Bonchev–Trinajstić information content (AvgIpc) is 3.22. The van der Waals surface area contributed by atoms with E-state index in [0.717, 1.165) is 16.2 Å². The van der Waals surface area contributed by atoms with Gasteiger partial charge in [-0.15, -0.1) is 0 Å². The van der Waals surface area contributed by atoms with Crippen molar-refractivity contribution >= 4 is 32.5 Å². The van der Waals surface area contributed by atoms with Crippen LogP contribution in [0.15, 0.2) is 71.8 Å². The van der Waals surface area contributed by atoms with E-state index >= 15 is 0 Å². The van der Waals surface area contributed by atoms with Crippen LogP contribution in [0.1, 0.15) is 15.9 Å². The maximum absolute atomic E-state index is 14.1. The Morgan fingerprint density at radius 3 is 2.50 bits per heavy atom. The van der Waals surface area contributed by atoms with Gasteiger partial charge in [-0.05, 0) is 42.5 Å². The summed E-state index contributed by atoms with van der Waals surface area (Å²) in [4.78, 5) is 12.4. The van der Waals surface area contributed by atoms with E-state index in [-0.39, 0.29) is 16.1 Å². The number of hydrogen-bond acceptors (Lipinski definition) is 5. The smallest absolute Gasteiger partial charge is 0.417 e. The van der Waals surface area contributed by atoms with Crippen LogP contribution in [0.5, 0.6) is 5.75 Å². The van der Waals surface area contributed by atoms with Crippen molar-refractivity contribution < 1.29 is 35.5 Å². The van der Waals surface area contributed by atoms with Crippen molar-refractivity contribution in [1.82, 2.24) is 9.19 Å². The summed E-state index contributed by atoms with van der Waals surface area (Å²) in [5.74, 6) is -2.39. The molecule has 0 saturated heterocycles. The molecular weight excluding hydrogens is 478 g/mol. The summed E-state index contributed by atoms with van der Waals surface area (Å²) in [6, 6.07) is 11.8. The molecule has 1 amide bonds. The quantitative estimate of drug-likeness (QED) is 0.408. The number of methoxy groups -OCH3 is 1. The molecule has 176 valence electrons. The predicted octanol–water partition coefficient (Wildman–Crippen LogP) is 4.69. The predicted molar refractivity (Wildman–Crippen MR) is 115 cm³/mol. The van der Waals surface area contributed by atoms with Gasteiger partial charge < -0.3 is 10.1 Å². The van der Waals surface area contributed by atoms with Gasteiger partial charge in [0.25, 0.3) is 15.9 Å². The van der Waals surface area contributed by atoms with Gasteiger partial charge in [-0.3, -0.25) is 4.79 Å². The highest BCUT2D eigenvalue weighted by molar-refractivity contribution is 7.90. The van der Waals surface area contributed by atoms with Crippen LogP contribution in [0.25, 0.3) is 10.9 Å². The number of benzene rings is 3. The number of carbonyl (C=O) groups excluding carboxylic acids is 1. The first-order valence-corrected chi connectivity index (χ1v) is 11.0. The highest BCUT2D eigenvalue weighted by Gasteiger charge is 2.36. The number of nitrogens with one attached hydrogen (secondary N) is 1. The molecule has 1 heterocycles. The summed E-state index contributed by atoms with van der Waals surface area (Å²) in [5, 5.41) is 6.48. The summed E-state index contributed by atoms with van der Waals surface area (Å²) in [5.41, 5.74) is -2.62. The first kappa shape index (κ1) is 23.2. The molecule has 0 spiro atoms. The molecule has 12 heteroatoms. The Morgan fingerprint density at radius 2 is 1.79 bits per heavy atom. The second-order valence-electron chi connectivity index (χ2n) is 7.06. The van der Waals surface area contributed by atoms with Crippen molar-refractivity contribution in [3.8, 4) is 5.75 Å². The molecule has 4 aromatic rings. The molecule has 1 N–H and O–H groups in total. The van der Waals surface area contributed by atoms with Crippen molar-refractivity contribution in [2.45, 2.75) is 11.1 Å². The summed E-state index contributed by atoms with van der Waals surface area (Å²) in [7, 11) is -2.80. The Kier molecular flexibility index (Phi) is 5.77. The van der Waals surface area contributed by atoms with Gasteiger partial charge >= 0.3 is 6.18 Å². The molecule has 7 nitrogen and oxygen atoms in total. The number of fused-ring (bicyclic) bond motifs is 1. The van der Waals surface area contributed by atoms with Gasteiger partial charge in [-0.25, -0.2) is 4.39 Å². The Morgan fingerprint density at radius 1 is 1.06 bits per heavy atom. The zero-order valence-electron chi connectivity index (χ0n) is 17.3. The second-order valence-corrected chi connectivity index (χ2v) is 8.83. The zero-order chi connectivity index (χ0) is 24.7. The van der Waals surface area contributed by atoms with E-state index in [2.05, 4.69) is 10.4 Å². The van der Waals surface area contributed by atoms with Crippen LogP contribution < -0.4 is 10.1 Å². The monoisotopic (exact) mass is 493 g/mol. The minimum Gasteiger partial charge on any atom is -0.497 e. The van der Waals surface area contributed by atoms with Crippen molar-refractivity contribution in [1.29, 1.82) is 0 Å². The molecule has 0 bridgehead atoms. The van der Waals surface area contributed by atoms with E-state index in [1.807, 2.05) is 0 Å². The molecule has 0 atom stereocenters. The van der Waals surface area contributed by atoms with Crippen LogP contribution >= 0.6 is 0 Å². The molecule has 0 aliphatic carbocycles. The molecule has 4 rings (SSSR count). The van der Waals surface area contributed by atoms with Gasteiger partial charge in [0.1, 0.15) is 11.6 Å². The van der Waals surface area contributed by atoms with Gasteiger partial charge in [-0.1, -0.05) is 12.1 Å². The third kappa shape index (κ3) is 4.19. The molecule has 34 heavy (non-hydrogen) atoms. The van der Waals surface area contributed by atoms with Crippen LogP contribution in [-0.4, -0.2) is 30.6 Å². The zero-order valence-corrected chi connectivity index (χ0v) is 18.1. The van der Waals surface area contributed by atoms with Crippen molar-refractivity contribution in [2.75, 3.05) is 12.4 Å². The van der Waals surface area contributed by atoms with Crippen LogP contribution in [0, 0.1) is 5.82 Å². The molecule has 0 aliphatic heterocycles. The molecule has 0 unspecified atom stereocenters. The molecule has 0 saturated carbocycles. The van der Waals surface area contributed by atoms with Crippen LogP contribution in [0.4, 0.5) is 23.2 Å². The van der Waals surface area contributed by atoms with Crippen LogP contribution in [0.3, 0.4) is 0 Å². The lowest BCUT2D eigenvalue weighted by Gasteiger charge is -2.14. The first-order valence-electron chi connectivity index (χ1n) is 9.57. The molecular formula is C22H15F4N3O4S. The number of anilines is 1. The normalized spacial score (nSPS) is 12.0. The van der Waals surface area contributed by atoms with Gasteiger partial charge in [-0.2, -0.15) is 30.8 Å². The topological polar surface area (TPSA) is 90.3 Å².